The van der Waals surface area contributed by atoms with Crippen LogP contribution >= 0.6 is 0 Å². The van der Waals surface area contributed by atoms with Crippen LogP contribution in [0.15, 0.2) is 53.9 Å². The lowest BCUT2D eigenvalue weighted by Gasteiger charge is -2.40. The molecule has 0 aromatic heterocycles. The quantitative estimate of drug-likeness (QED) is 0.487. The predicted octanol–water partition coefficient (Wildman–Crippen LogP) is 6.94. The van der Waals surface area contributed by atoms with Crippen molar-refractivity contribution >= 4 is 14.2 Å². The van der Waals surface area contributed by atoms with E-state index >= 15 is 0 Å². The van der Waals surface area contributed by atoms with Gasteiger partial charge in [0.05, 0.1) is 14.1 Å². The van der Waals surface area contributed by atoms with Crippen molar-refractivity contribution < 1.29 is 9.53 Å². The van der Waals surface area contributed by atoms with Gasteiger partial charge in [-0.25, -0.2) is 4.79 Å². The van der Waals surface area contributed by atoms with Crippen LogP contribution in [0, 0.1) is 5.92 Å². The Bertz CT molecular complexity index is 694. The highest BCUT2D eigenvalue weighted by molar-refractivity contribution is 6.87. The molecule has 1 aromatic carbocycles. The molecule has 1 amide bonds. The van der Waals surface area contributed by atoms with E-state index in [4.69, 9.17) is 4.74 Å². The number of amides is 1. The van der Waals surface area contributed by atoms with Gasteiger partial charge in [-0.2, -0.15) is 0 Å². The van der Waals surface area contributed by atoms with Crippen LogP contribution in [0.4, 0.5) is 4.79 Å². The second-order valence-corrected chi connectivity index (χ2v) is 13.5. The van der Waals surface area contributed by atoms with Gasteiger partial charge in [0, 0.05) is 6.20 Å². The van der Waals surface area contributed by atoms with Gasteiger partial charge in [0.1, 0.15) is 5.75 Å². The molecular formula is C24H35NO2Si. The van der Waals surface area contributed by atoms with Crippen molar-refractivity contribution in [2.24, 2.45) is 5.92 Å². The van der Waals surface area contributed by atoms with E-state index < -0.39 is 8.07 Å². The summed E-state index contributed by atoms with van der Waals surface area (Å²) in [7, 11) is -1.55. The van der Waals surface area contributed by atoms with Crippen LogP contribution in [0.1, 0.15) is 52.9 Å². The third-order valence-electron chi connectivity index (χ3n) is 7.01. The van der Waals surface area contributed by atoms with Crippen molar-refractivity contribution in [1.29, 1.82) is 0 Å². The smallest absolute Gasteiger partial charge is 0.410 e. The van der Waals surface area contributed by atoms with Gasteiger partial charge in [0.15, 0.2) is 0 Å². The molecule has 1 aliphatic carbocycles. The van der Waals surface area contributed by atoms with Gasteiger partial charge in [0.2, 0.25) is 0 Å². The minimum atomic E-state index is -1.55. The normalized spacial score (nSPS) is 20.8. The first-order chi connectivity index (χ1) is 13.6. The molecule has 152 valence electrons. The number of para-hydroxylation sites is 1. The number of ether oxygens (including phenoxy) is 1. The largest absolute Gasteiger partial charge is 0.419 e. The zero-order valence-corrected chi connectivity index (χ0v) is 18.7. The number of allylic oxidation sites excluding steroid dienone is 2. The topological polar surface area (TPSA) is 29.5 Å². The molecule has 1 aliphatic heterocycles. The van der Waals surface area contributed by atoms with Crippen LogP contribution in [-0.2, 0) is 0 Å². The monoisotopic (exact) mass is 397 g/mol. The summed E-state index contributed by atoms with van der Waals surface area (Å²) in [5.41, 5.74) is 0. The lowest BCUT2D eigenvalue weighted by atomic mass is 9.82. The summed E-state index contributed by atoms with van der Waals surface area (Å²) in [6.45, 7) is 6.94. The average molecular weight is 398 g/mol. The Morgan fingerprint density at radius 3 is 2.29 bits per heavy atom. The Balaban J connectivity index is 1.89. The maximum Gasteiger partial charge on any atom is 0.419 e. The molecule has 1 heterocycles. The van der Waals surface area contributed by atoms with Gasteiger partial charge in [-0.3, -0.25) is 4.90 Å². The average Bonchev–Trinajstić information content (AvgIpc) is 2.76. The Morgan fingerprint density at radius 2 is 1.68 bits per heavy atom. The Hall–Kier alpha value is -1.81. The van der Waals surface area contributed by atoms with Gasteiger partial charge >= 0.3 is 6.09 Å². The lowest BCUT2D eigenvalue weighted by Crippen LogP contribution is -2.46. The van der Waals surface area contributed by atoms with E-state index in [0.717, 1.165) is 0 Å². The number of carbonyl (C=O) groups is 1. The molecule has 3 nitrogen and oxygen atoms in total. The van der Waals surface area contributed by atoms with Gasteiger partial charge in [-0.1, -0.05) is 88.5 Å². The zero-order chi connectivity index (χ0) is 20.0. The van der Waals surface area contributed by atoms with E-state index in [1.54, 1.807) is 0 Å². The number of hydrogen-bond donors (Lipinski definition) is 0. The Labute approximate surface area is 171 Å². The molecule has 1 atom stereocenters. The minimum Gasteiger partial charge on any atom is -0.410 e. The molecule has 3 rings (SSSR count). The highest BCUT2D eigenvalue weighted by Crippen LogP contribution is 2.36. The third-order valence-corrected chi connectivity index (χ3v) is 12.6. The number of nitrogens with zero attached hydrogens (tertiary/aromatic N) is 1. The first-order valence-electron chi connectivity index (χ1n) is 11.1. The van der Waals surface area contributed by atoms with Crippen molar-refractivity contribution in [3.63, 3.8) is 0 Å². The van der Waals surface area contributed by atoms with Crippen LogP contribution in [0.5, 0.6) is 5.75 Å². The molecule has 1 unspecified atom stereocenters. The predicted molar refractivity (Wildman–Crippen MR) is 119 cm³/mol. The van der Waals surface area contributed by atoms with Gasteiger partial charge in [0.25, 0.3) is 0 Å². The Morgan fingerprint density at radius 1 is 1.04 bits per heavy atom. The lowest BCUT2D eigenvalue weighted by molar-refractivity contribution is 0.140. The van der Waals surface area contributed by atoms with Crippen molar-refractivity contribution in [3.8, 4) is 5.75 Å². The van der Waals surface area contributed by atoms with Crippen LogP contribution in [0.2, 0.25) is 18.1 Å². The van der Waals surface area contributed by atoms with E-state index in [-0.39, 0.29) is 12.1 Å². The molecule has 0 spiro atoms. The second kappa shape index (κ2) is 9.60. The number of benzene rings is 1. The fourth-order valence-electron chi connectivity index (χ4n) is 4.93. The third kappa shape index (κ3) is 4.43. The van der Waals surface area contributed by atoms with Crippen LogP contribution in [0.25, 0.3) is 0 Å². The van der Waals surface area contributed by atoms with E-state index in [1.165, 1.54) is 55.4 Å². The Kier molecular flexibility index (Phi) is 7.17. The molecule has 2 aliphatic rings. The molecule has 0 bridgehead atoms. The standard InChI is InChI=1S/C24H35NO2Si/c1-4-28(5-2,6-3)22-17-18-23(20-13-9-7-10-14-20)25(19-22)24(26)27-21-15-11-8-12-16-21/h8,11-12,15-20,23H,4-7,9-10,13-14H2,1-3H3. The van der Waals surface area contributed by atoms with Crippen molar-refractivity contribution in [1.82, 2.24) is 4.90 Å². The van der Waals surface area contributed by atoms with E-state index in [9.17, 15) is 4.79 Å². The summed E-state index contributed by atoms with van der Waals surface area (Å²) in [6, 6.07) is 13.2. The molecular weight excluding hydrogens is 362 g/mol. The van der Waals surface area contributed by atoms with Crippen molar-refractivity contribution in [3.05, 3.63) is 53.9 Å². The zero-order valence-electron chi connectivity index (χ0n) is 17.7. The summed E-state index contributed by atoms with van der Waals surface area (Å²) in [4.78, 5) is 15.1. The highest BCUT2D eigenvalue weighted by Gasteiger charge is 2.37. The number of rotatable bonds is 6. The van der Waals surface area contributed by atoms with E-state index in [0.29, 0.717) is 11.7 Å². The van der Waals surface area contributed by atoms with Gasteiger partial charge in [-0.15, -0.1) is 0 Å². The molecule has 0 N–H and O–H groups in total. The summed E-state index contributed by atoms with van der Waals surface area (Å²) < 4.78 is 5.76. The van der Waals surface area contributed by atoms with Gasteiger partial charge in [-0.05, 0) is 36.1 Å². The number of hydrogen-bond acceptors (Lipinski definition) is 2. The molecule has 0 saturated heterocycles. The first-order valence-corrected chi connectivity index (χ1v) is 13.7. The van der Waals surface area contributed by atoms with Crippen LogP contribution in [-0.4, -0.2) is 25.1 Å². The van der Waals surface area contributed by atoms with E-state index in [2.05, 4.69) is 39.1 Å². The molecule has 1 fully saturated rings. The van der Waals surface area contributed by atoms with Crippen LogP contribution < -0.4 is 4.74 Å². The number of carbonyl (C=O) groups excluding carboxylic acids is 1. The van der Waals surface area contributed by atoms with Crippen molar-refractivity contribution in [2.45, 2.75) is 77.0 Å². The maximum absolute atomic E-state index is 13.2. The molecule has 4 heteroatoms. The maximum atomic E-state index is 13.2. The summed E-state index contributed by atoms with van der Waals surface area (Å²) in [5.74, 6) is 1.15. The highest BCUT2D eigenvalue weighted by atomic mass is 28.3. The van der Waals surface area contributed by atoms with E-state index in [1.807, 2.05) is 35.2 Å². The van der Waals surface area contributed by atoms with Crippen molar-refractivity contribution in [2.75, 3.05) is 0 Å². The fraction of sp³-hybridized carbons (Fsp3) is 0.542. The first kappa shape index (κ1) is 20.9. The molecule has 1 aromatic rings. The van der Waals surface area contributed by atoms with Gasteiger partial charge < -0.3 is 4.74 Å². The minimum absolute atomic E-state index is 0.123. The molecule has 0 radical (unpaired) electrons. The molecule has 28 heavy (non-hydrogen) atoms. The second-order valence-electron chi connectivity index (χ2n) is 8.26. The fourth-order valence-corrected chi connectivity index (χ4v) is 8.51. The summed E-state index contributed by atoms with van der Waals surface area (Å²) in [5, 5.41) is 1.40. The molecule has 1 saturated carbocycles. The SMILES string of the molecule is CC[Si](CC)(CC)C1=CN(C(=O)Oc2ccccc2)C(C2CCCCC2)C=C1. The summed E-state index contributed by atoms with van der Waals surface area (Å²) >= 11 is 0. The van der Waals surface area contributed by atoms with Crippen LogP contribution in [0.3, 0.4) is 0 Å². The summed E-state index contributed by atoms with van der Waals surface area (Å²) in [6.07, 6.45) is 12.8.